The molecule has 1 aromatic rings. The maximum atomic E-state index is 12.5. The molecule has 2 fully saturated rings. The van der Waals surface area contributed by atoms with Crippen molar-refractivity contribution in [1.82, 2.24) is 10.3 Å². The predicted molar refractivity (Wildman–Crippen MR) is 80.4 cm³/mol. The Labute approximate surface area is 124 Å². The molecule has 2 saturated carbocycles. The zero-order valence-electron chi connectivity index (χ0n) is 12.3. The highest BCUT2D eigenvalue weighted by Gasteiger charge is 2.49. The van der Waals surface area contributed by atoms with Crippen LogP contribution in [0.3, 0.4) is 0 Å². The zero-order valence-corrected chi connectivity index (χ0v) is 13.2. The Bertz CT molecular complexity index is 525. The van der Waals surface area contributed by atoms with Crippen molar-refractivity contribution in [1.29, 1.82) is 0 Å². The van der Waals surface area contributed by atoms with Crippen molar-refractivity contribution in [3.63, 3.8) is 0 Å². The molecule has 3 rings (SSSR count). The molecule has 1 amide bonds. The van der Waals surface area contributed by atoms with E-state index in [9.17, 15) is 4.79 Å². The Balaban J connectivity index is 1.69. The summed E-state index contributed by atoms with van der Waals surface area (Å²) >= 11 is 1.67. The number of amides is 1. The van der Waals surface area contributed by atoms with E-state index in [-0.39, 0.29) is 23.9 Å². The highest BCUT2D eigenvalue weighted by Crippen LogP contribution is 2.47. The van der Waals surface area contributed by atoms with E-state index in [0.29, 0.717) is 11.8 Å². The Morgan fingerprint density at radius 1 is 1.40 bits per heavy atom. The minimum absolute atomic E-state index is 0.0190. The number of aryl methyl sites for hydroxylation is 2. The minimum Gasteiger partial charge on any atom is -0.348 e. The topological polar surface area (TPSA) is 68.0 Å². The fourth-order valence-corrected chi connectivity index (χ4v) is 4.98. The van der Waals surface area contributed by atoms with Crippen LogP contribution in [0.15, 0.2) is 0 Å². The van der Waals surface area contributed by atoms with Crippen LogP contribution >= 0.6 is 11.3 Å². The number of carbonyl (C=O) groups excluding carboxylic acids is 1. The molecule has 1 aromatic heterocycles. The highest BCUT2D eigenvalue weighted by molar-refractivity contribution is 7.11. The quantitative estimate of drug-likeness (QED) is 0.898. The lowest BCUT2D eigenvalue weighted by Crippen LogP contribution is -2.45. The third-order valence-electron chi connectivity index (χ3n) is 4.97. The molecule has 1 heterocycles. The number of hydrogen-bond donors (Lipinski definition) is 2. The number of nitrogens with one attached hydrogen (secondary N) is 1. The Morgan fingerprint density at radius 2 is 2.10 bits per heavy atom. The number of aromatic nitrogens is 1. The van der Waals surface area contributed by atoms with Gasteiger partial charge in [0.15, 0.2) is 0 Å². The summed E-state index contributed by atoms with van der Waals surface area (Å²) in [4.78, 5) is 18.1. The molecule has 0 aromatic carbocycles. The predicted octanol–water partition coefficient (Wildman–Crippen LogP) is 2.31. The van der Waals surface area contributed by atoms with Crippen molar-refractivity contribution < 1.29 is 4.79 Å². The van der Waals surface area contributed by atoms with Gasteiger partial charge in [0.1, 0.15) is 0 Å². The maximum Gasteiger partial charge on any atom is 0.225 e. The van der Waals surface area contributed by atoms with Gasteiger partial charge in [-0.25, -0.2) is 4.98 Å². The van der Waals surface area contributed by atoms with Crippen molar-refractivity contribution in [3.05, 3.63) is 15.6 Å². The van der Waals surface area contributed by atoms with Gasteiger partial charge in [-0.15, -0.1) is 11.3 Å². The number of thiazole rings is 1. The van der Waals surface area contributed by atoms with E-state index in [1.54, 1.807) is 11.3 Å². The van der Waals surface area contributed by atoms with Crippen LogP contribution in [0.1, 0.15) is 47.8 Å². The molecule has 0 saturated heterocycles. The van der Waals surface area contributed by atoms with Gasteiger partial charge in [-0.05, 0) is 51.9 Å². The molecule has 0 aliphatic heterocycles. The second-order valence-electron chi connectivity index (χ2n) is 6.35. The number of nitrogens with zero attached hydrogens (tertiary/aromatic N) is 1. The molecule has 2 aliphatic carbocycles. The lowest BCUT2D eigenvalue weighted by Gasteiger charge is -2.28. The second-order valence-corrected chi connectivity index (χ2v) is 7.58. The van der Waals surface area contributed by atoms with Gasteiger partial charge in [0.25, 0.3) is 0 Å². The summed E-state index contributed by atoms with van der Waals surface area (Å²) in [5.41, 5.74) is 7.27. The van der Waals surface area contributed by atoms with Crippen molar-refractivity contribution in [2.45, 2.75) is 52.1 Å². The summed E-state index contributed by atoms with van der Waals surface area (Å²) < 4.78 is 0. The fourth-order valence-electron chi connectivity index (χ4n) is 4.05. The van der Waals surface area contributed by atoms with Crippen LogP contribution in [0, 0.1) is 31.6 Å². The molecular weight excluding hydrogens is 270 g/mol. The smallest absolute Gasteiger partial charge is 0.225 e. The van der Waals surface area contributed by atoms with Gasteiger partial charge in [0.2, 0.25) is 5.91 Å². The van der Waals surface area contributed by atoms with E-state index in [2.05, 4.69) is 10.3 Å². The molecule has 110 valence electrons. The first-order chi connectivity index (χ1) is 9.47. The summed E-state index contributed by atoms with van der Waals surface area (Å²) in [6, 6.07) is 0.0882. The minimum atomic E-state index is 0.0190. The standard InChI is InChI=1S/C15H23N3OS/c1-7-14(20-9(3)17-7)8(2)18-15(19)12-10-4-5-11(6-10)13(12)16/h8,10-13H,4-6,16H2,1-3H3,(H,18,19). The van der Waals surface area contributed by atoms with E-state index in [4.69, 9.17) is 5.73 Å². The number of nitrogens with two attached hydrogens (primary N) is 1. The van der Waals surface area contributed by atoms with E-state index in [1.165, 1.54) is 12.8 Å². The van der Waals surface area contributed by atoms with Crippen LogP contribution in [0.5, 0.6) is 0 Å². The molecule has 0 radical (unpaired) electrons. The Kier molecular flexibility index (Phi) is 3.58. The van der Waals surface area contributed by atoms with Gasteiger partial charge in [-0.2, -0.15) is 0 Å². The first-order valence-corrected chi connectivity index (χ1v) is 8.29. The number of hydrogen-bond acceptors (Lipinski definition) is 4. The molecule has 5 unspecified atom stereocenters. The van der Waals surface area contributed by atoms with E-state index >= 15 is 0 Å². The molecule has 2 aliphatic rings. The number of fused-ring (bicyclic) bond motifs is 2. The van der Waals surface area contributed by atoms with Crippen molar-refractivity contribution in [2.24, 2.45) is 23.5 Å². The first-order valence-electron chi connectivity index (χ1n) is 7.47. The summed E-state index contributed by atoms with van der Waals surface area (Å²) in [6.45, 7) is 6.04. The van der Waals surface area contributed by atoms with E-state index in [1.807, 2.05) is 20.8 Å². The average Bonchev–Trinajstić information content (AvgIpc) is 3.03. The fraction of sp³-hybridized carbons (Fsp3) is 0.733. The van der Waals surface area contributed by atoms with Crippen LogP contribution in [0.2, 0.25) is 0 Å². The van der Waals surface area contributed by atoms with Crippen LogP contribution < -0.4 is 11.1 Å². The molecular formula is C15H23N3OS. The average molecular weight is 293 g/mol. The molecule has 3 N–H and O–H groups in total. The lowest BCUT2D eigenvalue weighted by molar-refractivity contribution is -0.127. The summed E-state index contributed by atoms with van der Waals surface area (Å²) in [5, 5.41) is 4.21. The third-order valence-corrected chi connectivity index (χ3v) is 6.23. The van der Waals surface area contributed by atoms with Crippen molar-refractivity contribution in [3.8, 4) is 0 Å². The normalized spacial score (nSPS) is 33.4. The van der Waals surface area contributed by atoms with Gasteiger partial charge < -0.3 is 11.1 Å². The van der Waals surface area contributed by atoms with Gasteiger partial charge in [-0.3, -0.25) is 4.79 Å². The summed E-state index contributed by atoms with van der Waals surface area (Å²) in [6.07, 6.45) is 3.52. The Morgan fingerprint density at radius 3 is 2.65 bits per heavy atom. The van der Waals surface area contributed by atoms with Gasteiger partial charge in [0.05, 0.1) is 22.7 Å². The summed E-state index contributed by atoms with van der Waals surface area (Å²) in [7, 11) is 0. The van der Waals surface area contributed by atoms with Crippen LogP contribution in [-0.4, -0.2) is 16.9 Å². The van der Waals surface area contributed by atoms with Crippen LogP contribution in [0.25, 0.3) is 0 Å². The molecule has 2 bridgehead atoms. The highest BCUT2D eigenvalue weighted by atomic mass is 32.1. The zero-order chi connectivity index (χ0) is 14.4. The van der Waals surface area contributed by atoms with Crippen molar-refractivity contribution in [2.75, 3.05) is 0 Å². The number of rotatable bonds is 3. The van der Waals surface area contributed by atoms with Gasteiger partial charge >= 0.3 is 0 Å². The molecule has 4 nitrogen and oxygen atoms in total. The van der Waals surface area contributed by atoms with E-state index in [0.717, 1.165) is 22.0 Å². The second kappa shape index (κ2) is 5.11. The summed E-state index contributed by atoms with van der Waals surface area (Å²) in [5.74, 6) is 1.23. The lowest BCUT2D eigenvalue weighted by atomic mass is 9.84. The monoisotopic (exact) mass is 293 g/mol. The molecule has 5 heteroatoms. The third kappa shape index (κ3) is 2.27. The SMILES string of the molecule is Cc1nc(C)c(C(C)NC(=O)C2C3CCC(C3)C2N)s1. The van der Waals surface area contributed by atoms with Crippen LogP contribution in [0.4, 0.5) is 0 Å². The maximum absolute atomic E-state index is 12.5. The van der Waals surface area contributed by atoms with Crippen molar-refractivity contribution >= 4 is 17.2 Å². The molecule has 5 atom stereocenters. The molecule has 20 heavy (non-hydrogen) atoms. The largest absolute Gasteiger partial charge is 0.348 e. The van der Waals surface area contributed by atoms with Gasteiger partial charge in [-0.1, -0.05) is 0 Å². The number of carbonyl (C=O) groups is 1. The molecule has 0 spiro atoms. The first kappa shape index (κ1) is 14.0. The van der Waals surface area contributed by atoms with Gasteiger partial charge in [0, 0.05) is 10.9 Å². The van der Waals surface area contributed by atoms with Crippen LogP contribution in [-0.2, 0) is 4.79 Å². The Hall–Kier alpha value is -0.940. The van der Waals surface area contributed by atoms with E-state index < -0.39 is 0 Å².